The quantitative estimate of drug-likeness (QED) is 0.844. The van der Waals surface area contributed by atoms with Crippen LogP contribution in [0, 0.1) is 0 Å². The highest BCUT2D eigenvalue weighted by Gasteiger charge is 2.18. The van der Waals surface area contributed by atoms with Gasteiger partial charge in [-0.1, -0.05) is 12.1 Å². The van der Waals surface area contributed by atoms with Crippen molar-refractivity contribution in [1.29, 1.82) is 0 Å². The predicted molar refractivity (Wildman–Crippen MR) is 82.3 cm³/mol. The molecule has 3 heteroatoms. The largest absolute Gasteiger partial charge is 0.399 e. The molecule has 0 amide bonds. The number of nitrogens with zero attached hydrogens (tertiary/aromatic N) is 2. The maximum absolute atomic E-state index is 5.71. The topological polar surface area (TPSA) is 32.5 Å². The Morgan fingerprint density at radius 1 is 1.21 bits per heavy atom. The Labute approximate surface area is 117 Å². The van der Waals surface area contributed by atoms with Gasteiger partial charge in [-0.25, -0.2) is 0 Å². The minimum Gasteiger partial charge on any atom is -0.399 e. The molecule has 19 heavy (non-hydrogen) atoms. The van der Waals surface area contributed by atoms with Gasteiger partial charge in [0, 0.05) is 18.3 Å². The third-order valence-electron chi connectivity index (χ3n) is 4.07. The van der Waals surface area contributed by atoms with Gasteiger partial charge in [0.25, 0.3) is 0 Å². The van der Waals surface area contributed by atoms with Crippen molar-refractivity contribution in [3.8, 4) is 0 Å². The summed E-state index contributed by atoms with van der Waals surface area (Å²) in [6.07, 6.45) is 3.68. The third-order valence-corrected chi connectivity index (χ3v) is 4.07. The molecule has 1 aliphatic rings. The number of benzene rings is 1. The van der Waals surface area contributed by atoms with Gasteiger partial charge in [0.15, 0.2) is 0 Å². The molecule has 0 bridgehead atoms. The zero-order chi connectivity index (χ0) is 13.7. The van der Waals surface area contributed by atoms with Gasteiger partial charge in [-0.05, 0) is 70.6 Å². The highest BCUT2D eigenvalue weighted by molar-refractivity contribution is 5.39. The van der Waals surface area contributed by atoms with Crippen molar-refractivity contribution in [2.45, 2.75) is 32.2 Å². The molecule has 0 saturated carbocycles. The van der Waals surface area contributed by atoms with Crippen LogP contribution < -0.4 is 5.73 Å². The molecule has 2 rings (SSSR count). The van der Waals surface area contributed by atoms with Gasteiger partial charge >= 0.3 is 0 Å². The summed E-state index contributed by atoms with van der Waals surface area (Å²) in [4.78, 5) is 5.09. The number of nitrogens with two attached hydrogens (primary N) is 1. The van der Waals surface area contributed by atoms with Crippen LogP contribution in [0.15, 0.2) is 24.3 Å². The standard InChI is InChI=1S/C16H27N3/c1-14-13-18(2)10-4-12-19(14)11-3-5-15-6-8-16(17)9-7-15/h6-9,14H,3-5,10-13,17H2,1-2H3. The summed E-state index contributed by atoms with van der Waals surface area (Å²) in [5, 5.41) is 0. The number of likely N-dealkylation sites (N-methyl/N-ethyl adjacent to an activating group) is 1. The average Bonchev–Trinajstić information content (AvgIpc) is 2.53. The summed E-state index contributed by atoms with van der Waals surface area (Å²) in [6, 6.07) is 8.97. The van der Waals surface area contributed by atoms with Crippen LogP contribution in [0.25, 0.3) is 0 Å². The second-order valence-corrected chi connectivity index (χ2v) is 5.85. The van der Waals surface area contributed by atoms with Crippen molar-refractivity contribution < 1.29 is 0 Å². The Morgan fingerprint density at radius 2 is 1.95 bits per heavy atom. The average molecular weight is 261 g/mol. The molecule has 106 valence electrons. The van der Waals surface area contributed by atoms with Crippen molar-refractivity contribution >= 4 is 5.69 Å². The Morgan fingerprint density at radius 3 is 2.68 bits per heavy atom. The van der Waals surface area contributed by atoms with Crippen LogP contribution in [0.2, 0.25) is 0 Å². The molecule has 1 aromatic rings. The molecule has 2 N–H and O–H groups in total. The molecular formula is C16H27N3. The Kier molecular flexibility index (Phi) is 5.23. The third kappa shape index (κ3) is 4.51. The minimum absolute atomic E-state index is 0.680. The zero-order valence-electron chi connectivity index (χ0n) is 12.3. The smallest absolute Gasteiger partial charge is 0.0314 e. The van der Waals surface area contributed by atoms with Crippen LogP contribution in [-0.2, 0) is 6.42 Å². The fourth-order valence-electron chi connectivity index (χ4n) is 2.92. The van der Waals surface area contributed by atoms with E-state index in [0.29, 0.717) is 6.04 Å². The molecule has 1 heterocycles. The van der Waals surface area contributed by atoms with Crippen LogP contribution >= 0.6 is 0 Å². The number of anilines is 1. The first kappa shape index (κ1) is 14.4. The van der Waals surface area contributed by atoms with E-state index in [1.807, 2.05) is 12.1 Å². The van der Waals surface area contributed by atoms with Crippen LogP contribution in [0.1, 0.15) is 25.3 Å². The highest BCUT2D eigenvalue weighted by atomic mass is 15.2. The van der Waals surface area contributed by atoms with Gasteiger partial charge in [0.1, 0.15) is 0 Å². The van der Waals surface area contributed by atoms with E-state index < -0.39 is 0 Å². The summed E-state index contributed by atoms with van der Waals surface area (Å²) in [5.41, 5.74) is 7.96. The van der Waals surface area contributed by atoms with E-state index >= 15 is 0 Å². The molecule has 1 atom stereocenters. The van der Waals surface area contributed by atoms with Crippen molar-refractivity contribution in [1.82, 2.24) is 9.80 Å². The lowest BCUT2D eigenvalue weighted by Gasteiger charge is -2.27. The second kappa shape index (κ2) is 6.92. The molecular weight excluding hydrogens is 234 g/mol. The normalized spacial score (nSPS) is 22.3. The first-order valence-corrected chi connectivity index (χ1v) is 7.42. The fourth-order valence-corrected chi connectivity index (χ4v) is 2.92. The maximum atomic E-state index is 5.71. The summed E-state index contributed by atoms with van der Waals surface area (Å²) in [5.74, 6) is 0. The molecule has 0 radical (unpaired) electrons. The van der Waals surface area contributed by atoms with E-state index in [0.717, 1.165) is 12.1 Å². The van der Waals surface area contributed by atoms with Crippen LogP contribution in [0.4, 0.5) is 5.69 Å². The molecule has 1 saturated heterocycles. The molecule has 1 unspecified atom stereocenters. The predicted octanol–water partition coefficient (Wildman–Crippen LogP) is 2.23. The number of rotatable bonds is 4. The summed E-state index contributed by atoms with van der Waals surface area (Å²) >= 11 is 0. The maximum Gasteiger partial charge on any atom is 0.0314 e. The molecule has 1 aliphatic heterocycles. The van der Waals surface area contributed by atoms with Gasteiger partial charge in [-0.3, -0.25) is 4.90 Å². The molecule has 3 nitrogen and oxygen atoms in total. The van der Waals surface area contributed by atoms with Crippen molar-refractivity contribution in [2.75, 3.05) is 39.0 Å². The van der Waals surface area contributed by atoms with Gasteiger partial charge in [0.2, 0.25) is 0 Å². The van der Waals surface area contributed by atoms with Crippen LogP contribution in [-0.4, -0.2) is 49.1 Å². The summed E-state index contributed by atoms with van der Waals surface area (Å²) in [6.45, 7) is 7.23. The lowest BCUT2D eigenvalue weighted by Crippen LogP contribution is -2.38. The first-order valence-electron chi connectivity index (χ1n) is 7.42. The number of aryl methyl sites for hydroxylation is 1. The van der Waals surface area contributed by atoms with Gasteiger partial charge in [-0.15, -0.1) is 0 Å². The van der Waals surface area contributed by atoms with Crippen LogP contribution in [0.5, 0.6) is 0 Å². The molecule has 0 spiro atoms. The highest BCUT2D eigenvalue weighted by Crippen LogP contribution is 2.12. The zero-order valence-corrected chi connectivity index (χ0v) is 12.3. The van der Waals surface area contributed by atoms with Crippen molar-refractivity contribution in [2.24, 2.45) is 0 Å². The minimum atomic E-state index is 0.680. The Hall–Kier alpha value is -1.06. The summed E-state index contributed by atoms with van der Waals surface area (Å²) in [7, 11) is 2.23. The molecule has 0 aliphatic carbocycles. The summed E-state index contributed by atoms with van der Waals surface area (Å²) < 4.78 is 0. The number of hydrogen-bond acceptors (Lipinski definition) is 3. The van der Waals surface area contributed by atoms with E-state index in [4.69, 9.17) is 5.73 Å². The van der Waals surface area contributed by atoms with E-state index in [-0.39, 0.29) is 0 Å². The second-order valence-electron chi connectivity index (χ2n) is 5.85. The first-order chi connectivity index (χ1) is 9.15. The SMILES string of the molecule is CC1CN(C)CCCN1CCCc1ccc(N)cc1. The van der Waals surface area contributed by atoms with E-state index in [1.165, 1.54) is 44.6 Å². The molecule has 1 aromatic carbocycles. The monoisotopic (exact) mass is 261 g/mol. The van der Waals surface area contributed by atoms with Gasteiger partial charge in [-0.2, -0.15) is 0 Å². The Bertz CT molecular complexity index is 374. The van der Waals surface area contributed by atoms with E-state index in [2.05, 4.69) is 35.9 Å². The fraction of sp³-hybridized carbons (Fsp3) is 0.625. The van der Waals surface area contributed by atoms with Gasteiger partial charge < -0.3 is 10.6 Å². The number of hydrogen-bond donors (Lipinski definition) is 1. The van der Waals surface area contributed by atoms with Crippen LogP contribution in [0.3, 0.4) is 0 Å². The van der Waals surface area contributed by atoms with Gasteiger partial charge in [0.05, 0.1) is 0 Å². The van der Waals surface area contributed by atoms with E-state index in [9.17, 15) is 0 Å². The van der Waals surface area contributed by atoms with Crippen molar-refractivity contribution in [3.05, 3.63) is 29.8 Å². The Balaban J connectivity index is 1.76. The number of nitrogen functional groups attached to an aromatic ring is 1. The van der Waals surface area contributed by atoms with Crippen molar-refractivity contribution in [3.63, 3.8) is 0 Å². The lowest BCUT2D eigenvalue weighted by atomic mass is 10.1. The molecule has 0 aromatic heterocycles. The molecule has 1 fully saturated rings. The lowest BCUT2D eigenvalue weighted by molar-refractivity contribution is 0.200. The van der Waals surface area contributed by atoms with E-state index in [1.54, 1.807) is 0 Å².